The third-order valence-corrected chi connectivity index (χ3v) is 4.83. The maximum Gasteiger partial charge on any atom is 0.315 e. The van der Waals surface area contributed by atoms with E-state index in [1.165, 1.54) is 19.4 Å². The minimum Gasteiger partial charge on any atom is -0.500 e. The molecule has 34 heavy (non-hydrogen) atoms. The fourth-order valence-corrected chi connectivity index (χ4v) is 3.16. The lowest BCUT2D eigenvalue weighted by atomic mass is 10.0. The number of aromatic hydroxyl groups is 1. The number of nitro groups is 1. The van der Waals surface area contributed by atoms with Crippen molar-refractivity contribution in [1.82, 2.24) is 10.7 Å². The standard InChI is InChI=1S/C24H22N4O6/c1-34-21-13-16(12-20(23(21)30)28(32)33)15-25-27-22(29)14-19(17-8-4-2-5-9-17)26-24(31)18-10-6-3-7-11-18/h2-13,15,19,30H,14H2,1H3,(H,26,31)(H,27,29)/b25-15-/t19-/m1/s1. The van der Waals surface area contributed by atoms with Gasteiger partial charge in [0.05, 0.1) is 30.7 Å². The predicted molar refractivity (Wildman–Crippen MR) is 125 cm³/mol. The number of nitro benzene ring substituents is 1. The van der Waals surface area contributed by atoms with Crippen LogP contribution in [-0.2, 0) is 4.79 Å². The number of benzene rings is 3. The molecule has 0 aliphatic heterocycles. The highest BCUT2D eigenvalue weighted by Gasteiger charge is 2.20. The molecule has 0 saturated heterocycles. The number of hydrogen-bond donors (Lipinski definition) is 3. The number of rotatable bonds is 9. The highest BCUT2D eigenvalue weighted by Crippen LogP contribution is 2.36. The Morgan fingerprint density at radius 1 is 1.12 bits per heavy atom. The Labute approximate surface area is 195 Å². The SMILES string of the molecule is COc1cc(/C=N\NC(=O)C[C@@H](NC(=O)c2ccccc2)c2ccccc2)cc([N+](=O)[O-])c1O. The number of carbonyl (C=O) groups excluding carboxylic acids is 2. The van der Waals surface area contributed by atoms with E-state index >= 15 is 0 Å². The van der Waals surface area contributed by atoms with Crippen molar-refractivity contribution < 1.29 is 24.4 Å². The van der Waals surface area contributed by atoms with Crippen LogP contribution < -0.4 is 15.5 Å². The molecule has 10 nitrogen and oxygen atoms in total. The van der Waals surface area contributed by atoms with Crippen LogP contribution in [0, 0.1) is 10.1 Å². The van der Waals surface area contributed by atoms with E-state index in [4.69, 9.17) is 4.74 Å². The van der Waals surface area contributed by atoms with Crippen LogP contribution in [-0.4, -0.2) is 35.2 Å². The zero-order chi connectivity index (χ0) is 24.5. The monoisotopic (exact) mass is 462 g/mol. The Kier molecular flexibility index (Phi) is 7.90. The van der Waals surface area contributed by atoms with E-state index in [2.05, 4.69) is 15.8 Å². The van der Waals surface area contributed by atoms with Crippen molar-refractivity contribution in [3.8, 4) is 11.5 Å². The lowest BCUT2D eigenvalue weighted by molar-refractivity contribution is -0.386. The van der Waals surface area contributed by atoms with Crippen molar-refractivity contribution in [3.63, 3.8) is 0 Å². The number of methoxy groups -OCH3 is 1. The summed E-state index contributed by atoms with van der Waals surface area (Å²) in [5, 5.41) is 27.6. The predicted octanol–water partition coefficient (Wildman–Crippen LogP) is 3.32. The molecule has 3 aromatic rings. The number of hydrogen-bond acceptors (Lipinski definition) is 7. The summed E-state index contributed by atoms with van der Waals surface area (Å²) in [4.78, 5) is 35.5. The first-order valence-corrected chi connectivity index (χ1v) is 10.2. The van der Waals surface area contributed by atoms with Gasteiger partial charge in [-0.3, -0.25) is 19.7 Å². The summed E-state index contributed by atoms with van der Waals surface area (Å²) in [6, 6.07) is 19.5. The van der Waals surface area contributed by atoms with Gasteiger partial charge in [0, 0.05) is 17.2 Å². The lowest BCUT2D eigenvalue weighted by Gasteiger charge is -2.18. The highest BCUT2D eigenvalue weighted by molar-refractivity contribution is 5.94. The van der Waals surface area contributed by atoms with E-state index in [1.54, 1.807) is 54.6 Å². The summed E-state index contributed by atoms with van der Waals surface area (Å²) in [5.41, 5.74) is 3.23. The molecule has 2 amide bonds. The topological polar surface area (TPSA) is 143 Å². The quantitative estimate of drug-likeness (QED) is 0.253. The average molecular weight is 462 g/mol. The summed E-state index contributed by atoms with van der Waals surface area (Å²) >= 11 is 0. The number of amides is 2. The molecule has 3 rings (SSSR count). The lowest BCUT2D eigenvalue weighted by Crippen LogP contribution is -2.32. The molecule has 0 saturated carbocycles. The van der Waals surface area contributed by atoms with Gasteiger partial charge >= 0.3 is 5.69 Å². The highest BCUT2D eigenvalue weighted by atomic mass is 16.6. The third kappa shape index (κ3) is 6.16. The van der Waals surface area contributed by atoms with Crippen LogP contribution in [0.15, 0.2) is 77.9 Å². The van der Waals surface area contributed by atoms with Crippen LogP contribution in [0.3, 0.4) is 0 Å². The zero-order valence-corrected chi connectivity index (χ0v) is 18.2. The third-order valence-electron chi connectivity index (χ3n) is 4.83. The fraction of sp³-hybridized carbons (Fsp3) is 0.125. The molecule has 0 fully saturated rings. The van der Waals surface area contributed by atoms with E-state index in [0.717, 1.165) is 11.6 Å². The number of phenols is 1. The molecule has 0 aliphatic rings. The largest absolute Gasteiger partial charge is 0.500 e. The van der Waals surface area contributed by atoms with Crippen molar-refractivity contribution >= 4 is 23.7 Å². The van der Waals surface area contributed by atoms with Gasteiger partial charge in [0.1, 0.15) is 0 Å². The van der Waals surface area contributed by atoms with E-state index in [1.807, 2.05) is 6.07 Å². The Hall–Kier alpha value is -4.73. The summed E-state index contributed by atoms with van der Waals surface area (Å²) in [6.45, 7) is 0. The molecule has 0 bridgehead atoms. The Balaban J connectivity index is 1.71. The van der Waals surface area contributed by atoms with Gasteiger partial charge < -0.3 is 15.2 Å². The minimum absolute atomic E-state index is 0.0982. The summed E-state index contributed by atoms with van der Waals surface area (Å²) in [7, 11) is 1.26. The molecule has 0 heterocycles. The molecule has 0 radical (unpaired) electrons. The first kappa shape index (κ1) is 23.9. The Morgan fingerprint density at radius 2 is 1.76 bits per heavy atom. The first-order chi connectivity index (χ1) is 16.4. The van der Waals surface area contributed by atoms with Gasteiger partial charge in [-0.2, -0.15) is 5.10 Å². The second kappa shape index (κ2) is 11.2. The Morgan fingerprint density at radius 3 is 2.38 bits per heavy atom. The van der Waals surface area contributed by atoms with Gasteiger partial charge in [-0.05, 0) is 23.8 Å². The van der Waals surface area contributed by atoms with Crippen molar-refractivity contribution in [2.45, 2.75) is 12.5 Å². The van der Waals surface area contributed by atoms with Gasteiger partial charge in [0.15, 0.2) is 5.75 Å². The van der Waals surface area contributed by atoms with E-state index < -0.39 is 28.3 Å². The van der Waals surface area contributed by atoms with Gasteiger partial charge in [-0.15, -0.1) is 0 Å². The molecule has 10 heteroatoms. The molecule has 0 spiro atoms. The molecule has 174 valence electrons. The molecule has 3 aromatic carbocycles. The summed E-state index contributed by atoms with van der Waals surface area (Å²) in [5.74, 6) is -1.52. The maximum absolute atomic E-state index is 12.6. The Bertz CT molecular complexity index is 1200. The molecular formula is C24H22N4O6. The van der Waals surface area contributed by atoms with Crippen LogP contribution in [0.25, 0.3) is 0 Å². The van der Waals surface area contributed by atoms with Crippen LogP contribution in [0.5, 0.6) is 11.5 Å². The van der Waals surface area contributed by atoms with Crippen molar-refractivity contribution in [1.29, 1.82) is 0 Å². The van der Waals surface area contributed by atoms with Crippen molar-refractivity contribution in [2.75, 3.05) is 7.11 Å². The normalized spacial score (nSPS) is 11.6. The fourth-order valence-electron chi connectivity index (χ4n) is 3.16. The maximum atomic E-state index is 12.6. The molecular weight excluding hydrogens is 440 g/mol. The van der Waals surface area contributed by atoms with Gasteiger partial charge in [-0.25, -0.2) is 5.43 Å². The van der Waals surface area contributed by atoms with Crippen molar-refractivity contribution in [2.24, 2.45) is 5.10 Å². The second-order valence-corrected chi connectivity index (χ2v) is 7.15. The number of carbonyl (C=O) groups is 2. The molecule has 0 aliphatic carbocycles. The van der Waals surface area contributed by atoms with Crippen molar-refractivity contribution in [3.05, 3.63) is 99.6 Å². The van der Waals surface area contributed by atoms with E-state index in [-0.39, 0.29) is 23.6 Å². The second-order valence-electron chi connectivity index (χ2n) is 7.15. The van der Waals surface area contributed by atoms with Gasteiger partial charge in [-0.1, -0.05) is 48.5 Å². The first-order valence-electron chi connectivity index (χ1n) is 10.2. The van der Waals surface area contributed by atoms with Gasteiger partial charge in [0.25, 0.3) is 5.91 Å². The number of nitrogens with one attached hydrogen (secondary N) is 2. The number of nitrogens with zero attached hydrogens (tertiary/aromatic N) is 2. The molecule has 0 aromatic heterocycles. The smallest absolute Gasteiger partial charge is 0.315 e. The van der Waals surface area contributed by atoms with Crippen LogP contribution in [0.4, 0.5) is 5.69 Å². The molecule has 3 N–H and O–H groups in total. The average Bonchev–Trinajstić information content (AvgIpc) is 2.85. The van der Waals surface area contributed by atoms with E-state index in [0.29, 0.717) is 5.56 Å². The van der Waals surface area contributed by atoms with Crippen LogP contribution >= 0.6 is 0 Å². The van der Waals surface area contributed by atoms with Gasteiger partial charge in [0.2, 0.25) is 11.7 Å². The van der Waals surface area contributed by atoms with E-state index in [9.17, 15) is 24.8 Å². The minimum atomic E-state index is -0.756. The zero-order valence-electron chi connectivity index (χ0n) is 18.2. The number of ether oxygens (including phenoxy) is 1. The molecule has 1 atom stereocenters. The molecule has 0 unspecified atom stereocenters. The summed E-state index contributed by atoms with van der Waals surface area (Å²) in [6.07, 6.45) is 1.09. The van der Waals surface area contributed by atoms with Crippen LogP contribution in [0.1, 0.15) is 33.9 Å². The van der Waals surface area contributed by atoms with Crippen LogP contribution in [0.2, 0.25) is 0 Å². The number of phenolic OH excluding ortho intramolecular Hbond substituents is 1. The summed E-state index contributed by atoms with van der Waals surface area (Å²) < 4.78 is 4.94. The number of hydrazone groups is 1.